The summed E-state index contributed by atoms with van der Waals surface area (Å²) < 4.78 is 0. The number of benzene rings is 4. The van der Waals surface area contributed by atoms with Gasteiger partial charge in [-0.2, -0.15) is 0 Å². The molecule has 4 aromatic carbocycles. The van der Waals surface area contributed by atoms with Crippen LogP contribution in [0.25, 0.3) is 54.8 Å². The van der Waals surface area contributed by atoms with Crippen molar-refractivity contribution in [2.45, 2.75) is 19.3 Å². The molecule has 1 aliphatic rings. The summed E-state index contributed by atoms with van der Waals surface area (Å²) in [5, 5.41) is 6.54. The van der Waals surface area contributed by atoms with Gasteiger partial charge in [0.15, 0.2) is 0 Å². The fourth-order valence-corrected chi connectivity index (χ4v) is 5.61. The van der Waals surface area contributed by atoms with Crippen LogP contribution in [0, 0.1) is 0 Å². The van der Waals surface area contributed by atoms with Gasteiger partial charge >= 0.3 is 0 Å². The molecule has 33 heavy (non-hydrogen) atoms. The molecular formula is C31H22N2. The Hall–Kier alpha value is -4.04. The molecular weight excluding hydrogens is 400 g/mol. The van der Waals surface area contributed by atoms with E-state index in [1.54, 1.807) is 0 Å². The molecule has 2 heterocycles. The van der Waals surface area contributed by atoms with Gasteiger partial charge < -0.3 is 0 Å². The van der Waals surface area contributed by atoms with E-state index in [0.29, 0.717) is 0 Å². The molecule has 2 heteroatoms. The molecule has 0 spiro atoms. The van der Waals surface area contributed by atoms with Crippen LogP contribution in [0.15, 0.2) is 97.3 Å². The van der Waals surface area contributed by atoms with Crippen molar-refractivity contribution < 1.29 is 0 Å². The summed E-state index contributed by atoms with van der Waals surface area (Å²) in [5.74, 6) is 0. The van der Waals surface area contributed by atoms with E-state index in [4.69, 9.17) is 4.98 Å². The monoisotopic (exact) mass is 422 g/mol. The van der Waals surface area contributed by atoms with Gasteiger partial charge in [0.1, 0.15) is 0 Å². The molecule has 7 rings (SSSR count). The second kappa shape index (κ2) is 6.49. The number of para-hydroxylation sites is 1. The number of fused-ring (bicyclic) bond motifs is 1. The van der Waals surface area contributed by atoms with Gasteiger partial charge in [0.05, 0.1) is 11.2 Å². The van der Waals surface area contributed by atoms with Crippen LogP contribution in [-0.4, -0.2) is 9.97 Å². The smallest absolute Gasteiger partial charge is 0.0718 e. The van der Waals surface area contributed by atoms with E-state index >= 15 is 0 Å². The highest BCUT2D eigenvalue weighted by Gasteiger charge is 2.34. The first-order valence-electron chi connectivity index (χ1n) is 11.4. The number of hydrogen-bond donors (Lipinski definition) is 0. The fourth-order valence-electron chi connectivity index (χ4n) is 5.61. The molecule has 0 saturated carbocycles. The third-order valence-corrected chi connectivity index (χ3v) is 7.31. The summed E-state index contributed by atoms with van der Waals surface area (Å²) >= 11 is 0. The summed E-state index contributed by atoms with van der Waals surface area (Å²) in [7, 11) is 0. The van der Waals surface area contributed by atoms with Crippen molar-refractivity contribution in [3.05, 3.63) is 108 Å². The van der Waals surface area contributed by atoms with Crippen LogP contribution in [0.5, 0.6) is 0 Å². The molecule has 6 aromatic rings. The summed E-state index contributed by atoms with van der Waals surface area (Å²) in [6.45, 7) is 4.67. The van der Waals surface area contributed by atoms with Crippen molar-refractivity contribution in [3.63, 3.8) is 0 Å². The van der Waals surface area contributed by atoms with Crippen LogP contribution in [0.3, 0.4) is 0 Å². The molecule has 0 saturated heterocycles. The Labute approximate surface area is 192 Å². The molecule has 0 radical (unpaired) electrons. The number of aromatic nitrogens is 2. The van der Waals surface area contributed by atoms with E-state index in [1.165, 1.54) is 38.2 Å². The van der Waals surface area contributed by atoms with Crippen molar-refractivity contribution in [1.82, 2.24) is 9.97 Å². The summed E-state index contributed by atoms with van der Waals surface area (Å²) in [5.41, 5.74) is 8.22. The Bertz CT molecular complexity index is 1730. The normalized spacial score (nSPS) is 14.0. The zero-order valence-corrected chi connectivity index (χ0v) is 18.6. The van der Waals surface area contributed by atoms with Gasteiger partial charge in [0.25, 0.3) is 0 Å². The lowest BCUT2D eigenvalue weighted by atomic mass is 9.82. The van der Waals surface area contributed by atoms with Gasteiger partial charge in [0, 0.05) is 34.3 Å². The van der Waals surface area contributed by atoms with E-state index < -0.39 is 0 Å². The fraction of sp³-hybridized carbons (Fsp3) is 0.0968. The first-order chi connectivity index (χ1) is 16.1. The highest BCUT2D eigenvalue weighted by Crippen LogP contribution is 2.50. The van der Waals surface area contributed by atoms with Crippen molar-refractivity contribution in [2.24, 2.45) is 0 Å². The predicted octanol–water partition coefficient (Wildman–Crippen LogP) is 7.91. The van der Waals surface area contributed by atoms with Gasteiger partial charge in [0.2, 0.25) is 0 Å². The summed E-state index contributed by atoms with van der Waals surface area (Å²) in [6.07, 6.45) is 3.92. The van der Waals surface area contributed by atoms with Gasteiger partial charge in [-0.05, 0) is 62.5 Å². The van der Waals surface area contributed by atoms with Gasteiger partial charge in [-0.25, -0.2) is 0 Å². The minimum absolute atomic E-state index is 0.0190. The zero-order chi connectivity index (χ0) is 22.2. The standard InChI is InChI=1S/C31H22N2/c1-31(2)25-10-5-8-20-16-24(23-9-6-11-26(31)30(23)29(20)25)21-13-14-28(32-17-21)22-15-19-7-3-4-12-27(19)33-18-22/h3-18H,1-2H3. The van der Waals surface area contributed by atoms with Crippen LogP contribution in [0.1, 0.15) is 25.0 Å². The summed E-state index contributed by atoms with van der Waals surface area (Å²) in [6, 6.07) is 30.4. The van der Waals surface area contributed by atoms with Crippen molar-refractivity contribution in [1.29, 1.82) is 0 Å². The van der Waals surface area contributed by atoms with Crippen molar-refractivity contribution in [2.75, 3.05) is 0 Å². The number of hydrogen-bond acceptors (Lipinski definition) is 2. The molecule has 0 amide bonds. The lowest BCUT2D eigenvalue weighted by Gasteiger charge is -2.21. The highest BCUT2D eigenvalue weighted by molar-refractivity contribution is 6.19. The predicted molar refractivity (Wildman–Crippen MR) is 138 cm³/mol. The maximum absolute atomic E-state index is 4.84. The highest BCUT2D eigenvalue weighted by atomic mass is 14.7. The minimum atomic E-state index is 0.0190. The maximum atomic E-state index is 4.84. The summed E-state index contributed by atoms with van der Waals surface area (Å²) in [4.78, 5) is 9.45. The van der Waals surface area contributed by atoms with E-state index in [1.807, 2.05) is 30.6 Å². The van der Waals surface area contributed by atoms with Crippen molar-refractivity contribution >= 4 is 32.4 Å². The van der Waals surface area contributed by atoms with E-state index in [-0.39, 0.29) is 5.41 Å². The Kier molecular flexibility index (Phi) is 3.64. The maximum Gasteiger partial charge on any atom is 0.0718 e. The van der Waals surface area contributed by atoms with Gasteiger partial charge in [-0.15, -0.1) is 0 Å². The van der Waals surface area contributed by atoms with E-state index in [2.05, 4.69) is 85.6 Å². The molecule has 0 atom stereocenters. The Balaban J connectivity index is 1.41. The van der Waals surface area contributed by atoms with Crippen LogP contribution in [0.2, 0.25) is 0 Å². The van der Waals surface area contributed by atoms with E-state index in [0.717, 1.165) is 27.7 Å². The second-order valence-electron chi connectivity index (χ2n) is 9.53. The number of pyridine rings is 2. The van der Waals surface area contributed by atoms with Crippen molar-refractivity contribution in [3.8, 4) is 22.4 Å². The average Bonchev–Trinajstić information content (AvgIpc) is 3.10. The third kappa shape index (κ3) is 2.55. The molecule has 2 nitrogen and oxygen atoms in total. The van der Waals surface area contributed by atoms with Crippen LogP contribution in [0.4, 0.5) is 0 Å². The van der Waals surface area contributed by atoms with Gasteiger partial charge in [-0.1, -0.05) is 74.5 Å². The number of nitrogens with zero attached hydrogens (tertiary/aromatic N) is 2. The Morgan fingerprint density at radius 2 is 1.36 bits per heavy atom. The molecule has 1 aliphatic carbocycles. The Morgan fingerprint density at radius 1 is 0.606 bits per heavy atom. The molecule has 0 fully saturated rings. The lowest BCUT2D eigenvalue weighted by molar-refractivity contribution is 0.663. The quantitative estimate of drug-likeness (QED) is 0.265. The van der Waals surface area contributed by atoms with Crippen LogP contribution in [-0.2, 0) is 5.41 Å². The number of rotatable bonds is 2. The molecule has 0 aliphatic heterocycles. The topological polar surface area (TPSA) is 25.8 Å². The van der Waals surface area contributed by atoms with Gasteiger partial charge in [-0.3, -0.25) is 9.97 Å². The third-order valence-electron chi connectivity index (χ3n) is 7.31. The molecule has 0 unspecified atom stereocenters. The van der Waals surface area contributed by atoms with E-state index in [9.17, 15) is 0 Å². The molecule has 156 valence electrons. The van der Waals surface area contributed by atoms with Crippen LogP contribution < -0.4 is 0 Å². The first-order valence-corrected chi connectivity index (χ1v) is 11.4. The first kappa shape index (κ1) is 18.5. The molecule has 2 aromatic heterocycles. The minimum Gasteiger partial charge on any atom is -0.256 e. The molecule has 0 N–H and O–H groups in total. The lowest BCUT2D eigenvalue weighted by Crippen LogP contribution is -2.14. The Morgan fingerprint density at radius 3 is 2.21 bits per heavy atom. The van der Waals surface area contributed by atoms with Crippen LogP contribution >= 0.6 is 0 Å². The molecule has 0 bridgehead atoms. The largest absolute Gasteiger partial charge is 0.256 e. The average molecular weight is 423 g/mol. The second-order valence-corrected chi connectivity index (χ2v) is 9.53. The zero-order valence-electron chi connectivity index (χ0n) is 18.6. The SMILES string of the molecule is CC1(C)c2cccc3cc(-c4ccc(-c5cnc6ccccc6c5)nc4)c4cccc1c4c23.